The lowest BCUT2D eigenvalue weighted by molar-refractivity contribution is 0.184. The zero-order valence-electron chi connectivity index (χ0n) is 13.9. The Morgan fingerprint density at radius 1 is 1.25 bits per heavy atom. The molecule has 0 unspecified atom stereocenters. The third-order valence-electron chi connectivity index (χ3n) is 3.53. The van der Waals surface area contributed by atoms with Gasteiger partial charge in [-0.25, -0.2) is 4.79 Å². The first-order chi connectivity index (χ1) is 11.7. The maximum atomic E-state index is 12.6. The van der Waals surface area contributed by atoms with E-state index in [0.717, 1.165) is 21.9 Å². The lowest BCUT2D eigenvalue weighted by atomic mass is 10.2. The van der Waals surface area contributed by atoms with Gasteiger partial charge >= 0.3 is 6.03 Å². The van der Waals surface area contributed by atoms with Gasteiger partial charge in [0.05, 0.1) is 20.3 Å². The normalized spacial score (nSPS) is 10.3. The number of benzene rings is 2. The monoisotopic (exact) mass is 346 g/mol. The molecule has 2 aromatic carbocycles. The number of carbonyl (C=O) groups is 1. The van der Waals surface area contributed by atoms with Gasteiger partial charge in [-0.15, -0.1) is 11.8 Å². The lowest BCUT2D eigenvalue weighted by Crippen LogP contribution is -2.36. The molecule has 2 aromatic rings. The molecule has 0 aromatic heterocycles. The van der Waals surface area contributed by atoms with Gasteiger partial charge in [-0.3, -0.25) is 0 Å². The summed E-state index contributed by atoms with van der Waals surface area (Å²) in [6, 6.07) is 14.9. The number of hydrogen-bond acceptors (Lipinski definition) is 4. The maximum absolute atomic E-state index is 12.6. The van der Waals surface area contributed by atoms with E-state index in [9.17, 15) is 9.90 Å². The van der Waals surface area contributed by atoms with Crippen molar-refractivity contribution in [2.24, 2.45) is 0 Å². The first-order valence-electron chi connectivity index (χ1n) is 7.60. The van der Waals surface area contributed by atoms with Crippen molar-refractivity contribution in [1.29, 1.82) is 0 Å². The minimum absolute atomic E-state index is 0.104. The molecule has 5 nitrogen and oxygen atoms in total. The summed E-state index contributed by atoms with van der Waals surface area (Å²) in [5.41, 5.74) is 1.62. The first-order valence-corrected chi connectivity index (χ1v) is 8.83. The molecule has 0 saturated heterocycles. The summed E-state index contributed by atoms with van der Waals surface area (Å²) < 4.78 is 5.33. The highest BCUT2D eigenvalue weighted by atomic mass is 32.2. The summed E-state index contributed by atoms with van der Waals surface area (Å²) in [7, 11) is 1.60. The van der Waals surface area contributed by atoms with Crippen molar-refractivity contribution in [3.8, 4) is 5.75 Å². The van der Waals surface area contributed by atoms with E-state index in [1.807, 2.05) is 54.8 Å². The van der Waals surface area contributed by atoms with Crippen molar-refractivity contribution >= 4 is 23.5 Å². The highest BCUT2D eigenvalue weighted by Gasteiger charge is 2.16. The van der Waals surface area contributed by atoms with Crippen molar-refractivity contribution in [3.63, 3.8) is 0 Å². The van der Waals surface area contributed by atoms with Crippen LogP contribution in [0.25, 0.3) is 0 Å². The Balaban J connectivity index is 2.12. The number of hydrogen-bond donors (Lipinski definition) is 2. The number of anilines is 1. The van der Waals surface area contributed by atoms with E-state index in [4.69, 9.17) is 4.74 Å². The number of para-hydroxylation sites is 1. The van der Waals surface area contributed by atoms with Gasteiger partial charge in [-0.2, -0.15) is 0 Å². The Bertz CT molecular complexity index is 679. The topological polar surface area (TPSA) is 61.8 Å². The molecule has 0 aliphatic carbocycles. The second-order valence-electron chi connectivity index (χ2n) is 5.12. The van der Waals surface area contributed by atoms with Gasteiger partial charge in [0.25, 0.3) is 0 Å². The molecule has 0 radical (unpaired) electrons. The zero-order chi connectivity index (χ0) is 17.4. The fourth-order valence-electron chi connectivity index (χ4n) is 2.32. The number of amides is 2. The van der Waals surface area contributed by atoms with E-state index in [-0.39, 0.29) is 19.2 Å². The minimum Gasteiger partial charge on any atom is -0.496 e. The molecule has 0 bridgehead atoms. The standard InChI is InChI=1S/C18H22N2O3S/c1-23-17-9-4-3-6-14(17)13-20(10-11-21)18(22)19-15-7-5-8-16(12-15)24-2/h3-9,12,21H,10-11,13H2,1-2H3,(H,19,22). The molecule has 128 valence electrons. The minimum atomic E-state index is -0.256. The first kappa shape index (κ1) is 18.2. The van der Waals surface area contributed by atoms with Crippen LogP contribution in [-0.4, -0.2) is 42.6 Å². The Morgan fingerprint density at radius 3 is 2.75 bits per heavy atom. The van der Waals surface area contributed by atoms with Crippen LogP contribution in [0.4, 0.5) is 10.5 Å². The maximum Gasteiger partial charge on any atom is 0.322 e. The Labute approximate surface area is 146 Å². The fourth-order valence-corrected chi connectivity index (χ4v) is 2.78. The van der Waals surface area contributed by atoms with Gasteiger partial charge in [-0.1, -0.05) is 24.3 Å². The van der Waals surface area contributed by atoms with Crippen molar-refractivity contribution in [2.45, 2.75) is 11.4 Å². The second-order valence-corrected chi connectivity index (χ2v) is 6.00. The zero-order valence-corrected chi connectivity index (χ0v) is 14.7. The summed E-state index contributed by atoms with van der Waals surface area (Å²) >= 11 is 1.61. The average Bonchev–Trinajstić information content (AvgIpc) is 2.62. The van der Waals surface area contributed by atoms with Crippen molar-refractivity contribution in [1.82, 2.24) is 4.90 Å². The SMILES string of the molecule is COc1ccccc1CN(CCO)C(=O)Nc1cccc(SC)c1. The van der Waals surface area contributed by atoms with Gasteiger partial charge in [-0.05, 0) is 30.5 Å². The number of aliphatic hydroxyl groups excluding tert-OH is 1. The molecule has 2 rings (SSSR count). The average molecular weight is 346 g/mol. The van der Waals surface area contributed by atoms with E-state index in [1.165, 1.54) is 0 Å². The summed E-state index contributed by atoms with van der Waals surface area (Å²) in [6.07, 6.45) is 1.99. The number of nitrogens with one attached hydrogen (secondary N) is 1. The molecule has 0 aliphatic heterocycles. The Hall–Kier alpha value is -2.18. The van der Waals surface area contributed by atoms with E-state index in [1.54, 1.807) is 23.8 Å². The predicted molar refractivity (Wildman–Crippen MR) is 97.7 cm³/mol. The van der Waals surface area contributed by atoms with Gasteiger partial charge in [0, 0.05) is 22.7 Å². The molecular formula is C18H22N2O3S. The van der Waals surface area contributed by atoms with Crippen molar-refractivity contribution in [3.05, 3.63) is 54.1 Å². The van der Waals surface area contributed by atoms with Gasteiger partial charge < -0.3 is 20.1 Å². The summed E-state index contributed by atoms with van der Waals surface area (Å²) in [4.78, 5) is 15.2. The van der Waals surface area contributed by atoms with E-state index >= 15 is 0 Å². The highest BCUT2D eigenvalue weighted by molar-refractivity contribution is 7.98. The van der Waals surface area contributed by atoms with Crippen LogP contribution in [0.15, 0.2) is 53.4 Å². The molecule has 0 spiro atoms. The smallest absolute Gasteiger partial charge is 0.322 e. The van der Waals surface area contributed by atoms with E-state index < -0.39 is 0 Å². The highest BCUT2D eigenvalue weighted by Crippen LogP contribution is 2.21. The summed E-state index contributed by atoms with van der Waals surface area (Å²) in [5, 5.41) is 12.2. The van der Waals surface area contributed by atoms with Crippen LogP contribution >= 0.6 is 11.8 Å². The fraction of sp³-hybridized carbons (Fsp3) is 0.278. The van der Waals surface area contributed by atoms with Crippen LogP contribution in [0.2, 0.25) is 0 Å². The summed E-state index contributed by atoms with van der Waals surface area (Å²) in [5.74, 6) is 0.720. The van der Waals surface area contributed by atoms with Crippen LogP contribution in [0.5, 0.6) is 5.75 Å². The molecule has 0 saturated carbocycles. The molecule has 0 atom stereocenters. The molecule has 0 heterocycles. The van der Waals surface area contributed by atoms with Gasteiger partial charge in [0.15, 0.2) is 0 Å². The third-order valence-corrected chi connectivity index (χ3v) is 4.26. The molecule has 0 fully saturated rings. The van der Waals surface area contributed by atoms with Crippen LogP contribution in [0.1, 0.15) is 5.56 Å². The number of carbonyl (C=O) groups excluding carboxylic acids is 1. The van der Waals surface area contributed by atoms with Crippen molar-refractivity contribution < 1.29 is 14.6 Å². The molecule has 2 N–H and O–H groups in total. The van der Waals surface area contributed by atoms with E-state index in [0.29, 0.717) is 6.54 Å². The molecular weight excluding hydrogens is 324 g/mol. The van der Waals surface area contributed by atoms with Crippen LogP contribution < -0.4 is 10.1 Å². The number of urea groups is 1. The van der Waals surface area contributed by atoms with Crippen LogP contribution in [0.3, 0.4) is 0 Å². The lowest BCUT2D eigenvalue weighted by Gasteiger charge is -2.23. The van der Waals surface area contributed by atoms with Gasteiger partial charge in [0.1, 0.15) is 5.75 Å². The molecule has 2 amide bonds. The number of ether oxygens (including phenoxy) is 1. The van der Waals surface area contributed by atoms with Crippen molar-refractivity contribution in [2.75, 3.05) is 31.8 Å². The van der Waals surface area contributed by atoms with E-state index in [2.05, 4.69) is 5.32 Å². The quantitative estimate of drug-likeness (QED) is 0.754. The number of methoxy groups -OCH3 is 1. The predicted octanol–water partition coefficient (Wildman–Crippen LogP) is 3.44. The van der Waals surface area contributed by atoms with Crippen LogP contribution in [-0.2, 0) is 6.54 Å². The number of rotatable bonds is 7. The molecule has 24 heavy (non-hydrogen) atoms. The molecule has 6 heteroatoms. The number of aliphatic hydroxyl groups is 1. The number of nitrogens with zero attached hydrogens (tertiary/aromatic N) is 1. The molecule has 0 aliphatic rings. The second kappa shape index (κ2) is 9.20. The third kappa shape index (κ3) is 4.91. The largest absolute Gasteiger partial charge is 0.496 e. The van der Waals surface area contributed by atoms with Gasteiger partial charge in [0.2, 0.25) is 0 Å². The number of thioether (sulfide) groups is 1. The Morgan fingerprint density at radius 2 is 2.04 bits per heavy atom. The van der Waals surface area contributed by atoms with Crippen LogP contribution in [0, 0.1) is 0 Å². The Kier molecular flexibility index (Phi) is 6.96. The summed E-state index contributed by atoms with van der Waals surface area (Å²) in [6.45, 7) is 0.498.